The molecule has 0 spiro atoms. The fraction of sp³-hybridized carbons (Fsp3) is 0.350. The smallest absolute Gasteiger partial charge is 0.341 e. The van der Waals surface area contributed by atoms with E-state index < -0.39 is 11.6 Å². The topological polar surface area (TPSA) is 64.3 Å². The standard InChI is InChI=1S/C20H26N2O2/c1-4-24-19(23)20(21,15(2)3)22-14-16-10-12-18(13-11-16)17-8-6-5-7-9-17/h5-13,15,22H,4,14,21H2,1-3H3. The zero-order valence-electron chi connectivity index (χ0n) is 14.6. The molecule has 2 aromatic carbocycles. The molecular formula is C20H26N2O2. The summed E-state index contributed by atoms with van der Waals surface area (Å²) in [5.41, 5.74) is 8.47. The fourth-order valence-electron chi connectivity index (χ4n) is 2.46. The van der Waals surface area contributed by atoms with Crippen molar-refractivity contribution in [1.82, 2.24) is 5.32 Å². The van der Waals surface area contributed by atoms with Crippen LogP contribution in [-0.2, 0) is 16.1 Å². The van der Waals surface area contributed by atoms with E-state index in [0.29, 0.717) is 13.2 Å². The zero-order valence-corrected chi connectivity index (χ0v) is 14.6. The van der Waals surface area contributed by atoms with Crippen LogP contribution in [0.25, 0.3) is 11.1 Å². The number of nitrogens with two attached hydrogens (primary N) is 1. The lowest BCUT2D eigenvalue weighted by Gasteiger charge is -2.32. The lowest BCUT2D eigenvalue weighted by atomic mass is 9.96. The maximum absolute atomic E-state index is 12.2. The van der Waals surface area contributed by atoms with E-state index in [1.54, 1.807) is 6.92 Å². The van der Waals surface area contributed by atoms with E-state index in [1.165, 1.54) is 5.56 Å². The maximum atomic E-state index is 12.2. The molecule has 0 aliphatic carbocycles. The van der Waals surface area contributed by atoms with Crippen LogP contribution in [0.3, 0.4) is 0 Å². The highest BCUT2D eigenvalue weighted by Crippen LogP contribution is 2.20. The highest BCUT2D eigenvalue weighted by molar-refractivity contribution is 5.80. The van der Waals surface area contributed by atoms with Gasteiger partial charge in [0.25, 0.3) is 0 Å². The van der Waals surface area contributed by atoms with Crippen molar-refractivity contribution in [2.75, 3.05) is 6.61 Å². The van der Waals surface area contributed by atoms with Gasteiger partial charge in [0.1, 0.15) is 0 Å². The van der Waals surface area contributed by atoms with Gasteiger partial charge in [-0.05, 0) is 29.5 Å². The van der Waals surface area contributed by atoms with E-state index >= 15 is 0 Å². The van der Waals surface area contributed by atoms with E-state index in [0.717, 1.165) is 11.1 Å². The van der Waals surface area contributed by atoms with Gasteiger partial charge in [-0.1, -0.05) is 68.4 Å². The van der Waals surface area contributed by atoms with Crippen LogP contribution < -0.4 is 11.1 Å². The number of carbonyl (C=O) groups excluding carboxylic acids is 1. The number of esters is 1. The van der Waals surface area contributed by atoms with Gasteiger partial charge in [-0.15, -0.1) is 0 Å². The minimum absolute atomic E-state index is 0.0832. The Bertz CT molecular complexity index is 653. The summed E-state index contributed by atoms with van der Waals surface area (Å²) in [5, 5.41) is 3.16. The summed E-state index contributed by atoms with van der Waals surface area (Å²) < 4.78 is 5.11. The quantitative estimate of drug-likeness (QED) is 0.605. The Morgan fingerprint density at radius 1 is 1.08 bits per heavy atom. The van der Waals surface area contributed by atoms with Crippen molar-refractivity contribution in [3.8, 4) is 11.1 Å². The SMILES string of the molecule is CCOC(=O)C(N)(NCc1ccc(-c2ccccc2)cc1)C(C)C. The van der Waals surface area contributed by atoms with E-state index in [9.17, 15) is 4.79 Å². The van der Waals surface area contributed by atoms with Gasteiger partial charge in [0.05, 0.1) is 6.61 Å². The van der Waals surface area contributed by atoms with Gasteiger partial charge in [-0.2, -0.15) is 0 Å². The highest BCUT2D eigenvalue weighted by Gasteiger charge is 2.38. The van der Waals surface area contributed by atoms with Crippen molar-refractivity contribution in [2.45, 2.75) is 33.0 Å². The minimum atomic E-state index is -1.19. The second kappa shape index (κ2) is 8.08. The molecule has 0 aliphatic rings. The van der Waals surface area contributed by atoms with Crippen LogP contribution in [-0.4, -0.2) is 18.2 Å². The molecule has 1 unspecified atom stereocenters. The van der Waals surface area contributed by atoms with E-state index in [1.807, 2.05) is 44.2 Å². The van der Waals surface area contributed by atoms with Crippen LogP contribution in [0.1, 0.15) is 26.3 Å². The summed E-state index contributed by atoms with van der Waals surface area (Å²) in [6, 6.07) is 18.4. The maximum Gasteiger partial charge on any atom is 0.341 e. The summed E-state index contributed by atoms with van der Waals surface area (Å²) in [4.78, 5) is 12.2. The van der Waals surface area contributed by atoms with Gasteiger partial charge < -0.3 is 10.5 Å². The first-order chi connectivity index (χ1) is 11.5. The van der Waals surface area contributed by atoms with Crippen LogP contribution in [0.15, 0.2) is 54.6 Å². The molecule has 0 heterocycles. The Balaban J connectivity index is 2.06. The molecule has 0 aliphatic heterocycles. The molecule has 24 heavy (non-hydrogen) atoms. The Labute approximate surface area is 144 Å². The lowest BCUT2D eigenvalue weighted by Crippen LogP contribution is -2.63. The molecule has 0 saturated carbocycles. The first-order valence-corrected chi connectivity index (χ1v) is 8.33. The molecule has 4 nitrogen and oxygen atoms in total. The fourth-order valence-corrected chi connectivity index (χ4v) is 2.46. The van der Waals surface area contributed by atoms with Gasteiger partial charge in [0, 0.05) is 6.54 Å². The predicted molar refractivity (Wildman–Crippen MR) is 97.1 cm³/mol. The third kappa shape index (κ3) is 4.22. The summed E-state index contributed by atoms with van der Waals surface area (Å²) in [5.74, 6) is -0.499. The van der Waals surface area contributed by atoms with Gasteiger partial charge in [0.15, 0.2) is 5.66 Å². The van der Waals surface area contributed by atoms with Crippen LogP contribution in [0.2, 0.25) is 0 Å². The van der Waals surface area contributed by atoms with Crippen LogP contribution in [0.5, 0.6) is 0 Å². The van der Waals surface area contributed by atoms with E-state index in [2.05, 4.69) is 29.6 Å². The molecule has 0 aromatic heterocycles. The monoisotopic (exact) mass is 326 g/mol. The van der Waals surface area contributed by atoms with E-state index in [-0.39, 0.29) is 5.92 Å². The Kier molecular flexibility index (Phi) is 6.12. The predicted octanol–water partition coefficient (Wildman–Crippen LogP) is 3.32. The minimum Gasteiger partial charge on any atom is -0.464 e. The molecule has 0 bridgehead atoms. The van der Waals surface area contributed by atoms with Gasteiger partial charge in [0.2, 0.25) is 0 Å². The van der Waals surface area contributed by atoms with Crippen LogP contribution >= 0.6 is 0 Å². The average molecular weight is 326 g/mol. The first kappa shape index (κ1) is 18.2. The van der Waals surface area contributed by atoms with Gasteiger partial charge >= 0.3 is 5.97 Å². The summed E-state index contributed by atoms with van der Waals surface area (Å²) in [6.45, 7) is 6.41. The molecule has 0 fully saturated rings. The average Bonchev–Trinajstić information content (AvgIpc) is 2.61. The molecule has 2 aromatic rings. The van der Waals surface area contributed by atoms with Crippen molar-refractivity contribution in [1.29, 1.82) is 0 Å². The number of hydrogen-bond acceptors (Lipinski definition) is 4. The number of hydrogen-bond donors (Lipinski definition) is 2. The largest absolute Gasteiger partial charge is 0.464 e. The third-order valence-corrected chi connectivity index (χ3v) is 4.17. The third-order valence-electron chi connectivity index (χ3n) is 4.17. The Hall–Kier alpha value is -2.17. The molecule has 3 N–H and O–H groups in total. The molecule has 0 saturated heterocycles. The molecule has 128 valence electrons. The second-order valence-corrected chi connectivity index (χ2v) is 6.16. The van der Waals surface area contributed by atoms with Crippen molar-refractivity contribution in [3.63, 3.8) is 0 Å². The lowest BCUT2D eigenvalue weighted by molar-refractivity contribution is -0.153. The number of rotatable bonds is 7. The first-order valence-electron chi connectivity index (χ1n) is 8.33. The zero-order chi connectivity index (χ0) is 17.6. The number of nitrogens with one attached hydrogen (secondary N) is 1. The van der Waals surface area contributed by atoms with Crippen molar-refractivity contribution in [2.24, 2.45) is 11.7 Å². The molecule has 1 atom stereocenters. The molecule has 2 rings (SSSR count). The van der Waals surface area contributed by atoms with Crippen molar-refractivity contribution in [3.05, 3.63) is 60.2 Å². The molecule has 0 radical (unpaired) electrons. The van der Waals surface area contributed by atoms with Crippen LogP contribution in [0, 0.1) is 5.92 Å². The van der Waals surface area contributed by atoms with Gasteiger partial charge in [-0.25, -0.2) is 4.79 Å². The normalized spacial score (nSPS) is 13.5. The second-order valence-electron chi connectivity index (χ2n) is 6.16. The van der Waals surface area contributed by atoms with Crippen molar-refractivity contribution < 1.29 is 9.53 Å². The van der Waals surface area contributed by atoms with Gasteiger partial charge in [-0.3, -0.25) is 5.32 Å². The highest BCUT2D eigenvalue weighted by atomic mass is 16.5. The number of carbonyl (C=O) groups is 1. The molecular weight excluding hydrogens is 300 g/mol. The summed E-state index contributed by atoms with van der Waals surface area (Å²) in [7, 11) is 0. The number of benzene rings is 2. The Morgan fingerprint density at radius 3 is 2.21 bits per heavy atom. The van der Waals surface area contributed by atoms with Crippen molar-refractivity contribution >= 4 is 5.97 Å². The molecule has 0 amide bonds. The van der Waals surface area contributed by atoms with E-state index in [4.69, 9.17) is 10.5 Å². The Morgan fingerprint density at radius 2 is 1.67 bits per heavy atom. The van der Waals surface area contributed by atoms with Crippen LogP contribution in [0.4, 0.5) is 0 Å². The summed E-state index contributed by atoms with van der Waals surface area (Å²) in [6.07, 6.45) is 0. The summed E-state index contributed by atoms with van der Waals surface area (Å²) >= 11 is 0. The number of ether oxygens (including phenoxy) is 1. The molecule has 4 heteroatoms.